The van der Waals surface area contributed by atoms with Gasteiger partial charge in [0.25, 0.3) is 0 Å². The molecule has 0 heterocycles. The molecule has 1 amide bonds. The fourth-order valence-electron chi connectivity index (χ4n) is 2.08. The van der Waals surface area contributed by atoms with E-state index in [0.29, 0.717) is 5.56 Å². The minimum atomic E-state index is -1.01. The monoisotopic (exact) mass is 377 g/mol. The number of rotatable bonds is 6. The minimum absolute atomic E-state index is 0.127. The second kappa shape index (κ2) is 8.33. The number of benzene rings is 2. The first-order valence-electron chi connectivity index (χ1n) is 6.99. The zero-order valence-corrected chi connectivity index (χ0v) is 13.8. The van der Waals surface area contributed by atoms with E-state index in [2.05, 4.69) is 21.2 Å². The number of carboxylic acid groups (broad SMARTS) is 1. The van der Waals surface area contributed by atoms with Crippen LogP contribution in [0.3, 0.4) is 0 Å². The lowest BCUT2D eigenvalue weighted by Gasteiger charge is -2.18. The number of nitrogens with one attached hydrogen (secondary N) is 1. The molecule has 0 spiro atoms. The molecular weight excluding hydrogens is 362 g/mol. The minimum Gasteiger partial charge on any atom is -0.481 e. The second-order valence-electron chi connectivity index (χ2n) is 4.88. The molecule has 2 aromatic carbocycles. The number of carbonyl (C=O) groups is 2. The molecule has 0 unspecified atom stereocenters. The summed E-state index contributed by atoms with van der Waals surface area (Å²) in [5.74, 6) is -1.01. The van der Waals surface area contributed by atoms with Gasteiger partial charge in [-0.1, -0.05) is 64.5 Å². The second-order valence-corrected chi connectivity index (χ2v) is 5.73. The van der Waals surface area contributed by atoms with Gasteiger partial charge in [-0.15, -0.1) is 0 Å². The highest BCUT2D eigenvalue weighted by Crippen LogP contribution is 2.25. The standard InChI is InChI=1S/C17H16BrNO4/c18-14-9-5-4-8-13(14)15(10-16(20)21)19-17(22)23-11-12-6-2-1-3-7-12/h1-9,15H,10-11H2,(H,19,22)(H,20,21)/t15-/m0/s1. The van der Waals surface area contributed by atoms with E-state index >= 15 is 0 Å². The van der Waals surface area contributed by atoms with Gasteiger partial charge in [0, 0.05) is 4.47 Å². The first-order chi connectivity index (χ1) is 11.1. The number of ether oxygens (including phenoxy) is 1. The number of carboxylic acids is 1. The van der Waals surface area contributed by atoms with Crippen molar-refractivity contribution >= 4 is 28.0 Å². The molecular formula is C17H16BrNO4. The van der Waals surface area contributed by atoms with Crippen molar-refractivity contribution in [1.82, 2.24) is 5.32 Å². The van der Waals surface area contributed by atoms with Crippen molar-refractivity contribution in [3.05, 3.63) is 70.2 Å². The van der Waals surface area contributed by atoms with E-state index in [1.807, 2.05) is 36.4 Å². The van der Waals surface area contributed by atoms with Crippen molar-refractivity contribution in [3.63, 3.8) is 0 Å². The zero-order chi connectivity index (χ0) is 16.7. The van der Waals surface area contributed by atoms with Crippen LogP contribution in [0.5, 0.6) is 0 Å². The number of halogens is 1. The summed E-state index contributed by atoms with van der Waals surface area (Å²) in [5.41, 5.74) is 1.55. The summed E-state index contributed by atoms with van der Waals surface area (Å²) in [6.07, 6.45) is -0.890. The van der Waals surface area contributed by atoms with Gasteiger partial charge >= 0.3 is 12.1 Å². The third-order valence-electron chi connectivity index (χ3n) is 3.16. The van der Waals surface area contributed by atoms with Crippen LogP contribution in [-0.4, -0.2) is 17.2 Å². The average Bonchev–Trinajstić information content (AvgIpc) is 2.53. The van der Waals surface area contributed by atoms with E-state index in [1.165, 1.54) is 0 Å². The van der Waals surface area contributed by atoms with Gasteiger partial charge in [-0.3, -0.25) is 4.79 Å². The number of amides is 1. The van der Waals surface area contributed by atoms with Gasteiger partial charge in [0.05, 0.1) is 12.5 Å². The summed E-state index contributed by atoms with van der Waals surface area (Å²) in [6, 6.07) is 15.7. The molecule has 0 aliphatic heterocycles. The maximum Gasteiger partial charge on any atom is 0.407 e. The Morgan fingerprint density at radius 1 is 1.09 bits per heavy atom. The van der Waals surface area contributed by atoms with Crippen molar-refractivity contribution in [2.24, 2.45) is 0 Å². The molecule has 5 nitrogen and oxygen atoms in total. The van der Waals surface area contributed by atoms with Crippen molar-refractivity contribution in [2.45, 2.75) is 19.1 Å². The summed E-state index contributed by atoms with van der Waals surface area (Å²) in [4.78, 5) is 23.0. The first kappa shape index (κ1) is 17.0. The van der Waals surface area contributed by atoms with E-state index in [1.54, 1.807) is 18.2 Å². The Morgan fingerprint density at radius 2 is 1.74 bits per heavy atom. The van der Waals surface area contributed by atoms with Gasteiger partial charge in [-0.2, -0.15) is 0 Å². The van der Waals surface area contributed by atoms with Gasteiger partial charge in [0.1, 0.15) is 6.61 Å². The van der Waals surface area contributed by atoms with Crippen molar-refractivity contribution in [1.29, 1.82) is 0 Å². The molecule has 0 radical (unpaired) electrons. The van der Waals surface area contributed by atoms with Crippen LogP contribution in [0, 0.1) is 0 Å². The molecule has 0 saturated carbocycles. The van der Waals surface area contributed by atoms with Crippen LogP contribution in [-0.2, 0) is 16.1 Å². The highest BCUT2D eigenvalue weighted by atomic mass is 79.9. The van der Waals surface area contributed by atoms with Gasteiger partial charge in [0.15, 0.2) is 0 Å². The first-order valence-corrected chi connectivity index (χ1v) is 7.79. The van der Waals surface area contributed by atoms with Crippen molar-refractivity contribution in [3.8, 4) is 0 Å². The predicted octanol–water partition coefficient (Wildman–Crippen LogP) is 3.89. The Bertz CT molecular complexity index is 675. The van der Waals surface area contributed by atoms with Crippen LogP contribution in [0.15, 0.2) is 59.1 Å². The van der Waals surface area contributed by atoms with E-state index < -0.39 is 18.1 Å². The highest BCUT2D eigenvalue weighted by molar-refractivity contribution is 9.10. The molecule has 6 heteroatoms. The average molecular weight is 378 g/mol. The van der Waals surface area contributed by atoms with Gasteiger partial charge in [0.2, 0.25) is 0 Å². The number of hydrogen-bond acceptors (Lipinski definition) is 3. The topological polar surface area (TPSA) is 75.6 Å². The smallest absolute Gasteiger partial charge is 0.407 e. The third kappa shape index (κ3) is 5.41. The van der Waals surface area contributed by atoms with Crippen LogP contribution in [0.4, 0.5) is 4.79 Å². The quantitative estimate of drug-likeness (QED) is 0.800. The lowest BCUT2D eigenvalue weighted by molar-refractivity contribution is -0.137. The summed E-state index contributed by atoms with van der Waals surface area (Å²) in [5, 5.41) is 11.7. The number of hydrogen-bond donors (Lipinski definition) is 2. The predicted molar refractivity (Wildman–Crippen MR) is 88.9 cm³/mol. The summed E-state index contributed by atoms with van der Waals surface area (Å²) >= 11 is 3.37. The van der Waals surface area contributed by atoms with Crippen molar-refractivity contribution in [2.75, 3.05) is 0 Å². The summed E-state index contributed by atoms with van der Waals surface area (Å²) in [7, 11) is 0. The Kier molecular flexibility index (Phi) is 6.17. The molecule has 23 heavy (non-hydrogen) atoms. The van der Waals surface area contributed by atoms with Gasteiger partial charge < -0.3 is 15.2 Å². The number of carbonyl (C=O) groups excluding carboxylic acids is 1. The van der Waals surface area contributed by atoms with Gasteiger partial charge in [-0.25, -0.2) is 4.79 Å². The fourth-order valence-corrected chi connectivity index (χ4v) is 2.64. The lowest BCUT2D eigenvalue weighted by Crippen LogP contribution is -2.30. The maximum atomic E-state index is 12.0. The van der Waals surface area contributed by atoms with Crippen LogP contribution in [0.25, 0.3) is 0 Å². The Hall–Kier alpha value is -2.34. The normalized spacial score (nSPS) is 11.5. The number of alkyl carbamates (subject to hydrolysis) is 1. The maximum absolute atomic E-state index is 12.0. The zero-order valence-electron chi connectivity index (χ0n) is 12.2. The molecule has 0 aliphatic carbocycles. The van der Waals surface area contributed by atoms with Crippen LogP contribution in [0.1, 0.15) is 23.6 Å². The van der Waals surface area contributed by atoms with Gasteiger partial charge in [-0.05, 0) is 17.2 Å². The summed E-state index contributed by atoms with van der Waals surface area (Å²) < 4.78 is 5.87. The van der Waals surface area contributed by atoms with E-state index in [9.17, 15) is 9.59 Å². The highest BCUT2D eigenvalue weighted by Gasteiger charge is 2.20. The van der Waals surface area contributed by atoms with Crippen molar-refractivity contribution < 1.29 is 19.4 Å². The molecule has 2 N–H and O–H groups in total. The Labute approximate surface area is 142 Å². The van der Waals surface area contributed by atoms with Crippen LogP contribution in [0.2, 0.25) is 0 Å². The largest absolute Gasteiger partial charge is 0.481 e. The fraction of sp³-hybridized carbons (Fsp3) is 0.176. The molecule has 2 rings (SSSR count). The molecule has 0 aromatic heterocycles. The Morgan fingerprint density at radius 3 is 2.39 bits per heavy atom. The van der Waals surface area contributed by atoms with Crippen LogP contribution >= 0.6 is 15.9 Å². The molecule has 120 valence electrons. The molecule has 1 atom stereocenters. The SMILES string of the molecule is O=C(O)C[C@H](NC(=O)OCc1ccccc1)c1ccccc1Br. The molecule has 0 fully saturated rings. The van der Waals surface area contributed by atoms with E-state index in [4.69, 9.17) is 9.84 Å². The third-order valence-corrected chi connectivity index (χ3v) is 3.89. The number of aliphatic carboxylic acids is 1. The molecule has 0 aliphatic rings. The van der Waals surface area contributed by atoms with Crippen LogP contribution < -0.4 is 5.32 Å². The lowest BCUT2D eigenvalue weighted by atomic mass is 10.0. The molecule has 0 saturated heterocycles. The van der Waals surface area contributed by atoms with E-state index in [0.717, 1.165) is 10.0 Å². The summed E-state index contributed by atoms with van der Waals surface area (Å²) in [6.45, 7) is 0.127. The van der Waals surface area contributed by atoms with E-state index in [-0.39, 0.29) is 13.0 Å². The molecule has 0 bridgehead atoms. The molecule has 2 aromatic rings. The Balaban J connectivity index is 2.01.